The van der Waals surface area contributed by atoms with Crippen LogP contribution in [0.5, 0.6) is 0 Å². The summed E-state index contributed by atoms with van der Waals surface area (Å²) in [7, 11) is -3.54. The van der Waals surface area contributed by atoms with Crippen molar-refractivity contribution in [2.45, 2.75) is 36.1 Å². The first-order valence-corrected chi connectivity index (χ1v) is 10.3. The van der Waals surface area contributed by atoms with Crippen molar-refractivity contribution >= 4 is 21.8 Å². The van der Waals surface area contributed by atoms with Crippen molar-refractivity contribution in [1.82, 2.24) is 4.72 Å². The van der Waals surface area contributed by atoms with Gasteiger partial charge in [-0.05, 0) is 48.4 Å². The van der Waals surface area contributed by atoms with Crippen LogP contribution in [0.2, 0.25) is 0 Å². The molecule has 2 aromatic rings. The van der Waals surface area contributed by atoms with Crippen molar-refractivity contribution in [3.05, 3.63) is 60.2 Å². The second-order valence-electron chi connectivity index (χ2n) is 5.89. The quantitative estimate of drug-likeness (QED) is 0.750. The summed E-state index contributed by atoms with van der Waals surface area (Å²) in [6.45, 7) is 4.19. The zero-order chi connectivity index (χ0) is 16.9. The Bertz CT molecular complexity index is 710. The minimum Gasteiger partial charge on any atom is -0.207 e. The molecule has 3 nitrogen and oxygen atoms in total. The van der Waals surface area contributed by atoms with E-state index in [1.165, 1.54) is 0 Å². The lowest BCUT2D eigenvalue weighted by Crippen LogP contribution is -2.29. The number of hydrogen-bond acceptors (Lipinski definition) is 3. The maximum atomic E-state index is 12.7. The molecule has 0 aliphatic carbocycles. The topological polar surface area (TPSA) is 46.2 Å². The number of rotatable bonds is 7. The lowest BCUT2D eigenvalue weighted by molar-refractivity contribution is 0.472. The molecule has 5 heteroatoms. The van der Waals surface area contributed by atoms with Crippen LogP contribution in [0.25, 0.3) is 0 Å². The smallest absolute Gasteiger partial charge is 0.207 e. The molecule has 0 unspecified atom stereocenters. The molecule has 0 radical (unpaired) electrons. The molecule has 0 aliphatic heterocycles. The fourth-order valence-corrected chi connectivity index (χ4v) is 4.06. The van der Waals surface area contributed by atoms with Crippen molar-refractivity contribution in [2.24, 2.45) is 5.92 Å². The molecule has 1 atom stereocenters. The van der Waals surface area contributed by atoms with Crippen LogP contribution in [0.1, 0.15) is 31.9 Å². The highest BCUT2D eigenvalue weighted by Crippen LogP contribution is 2.24. The van der Waals surface area contributed by atoms with Gasteiger partial charge in [-0.2, -0.15) is 0 Å². The van der Waals surface area contributed by atoms with E-state index < -0.39 is 10.0 Å². The van der Waals surface area contributed by atoms with Crippen LogP contribution in [-0.4, -0.2) is 14.7 Å². The second kappa shape index (κ2) is 7.99. The molecule has 0 fully saturated rings. The van der Waals surface area contributed by atoms with Gasteiger partial charge in [-0.15, -0.1) is 11.8 Å². The second-order valence-corrected chi connectivity index (χ2v) is 8.48. The number of sulfonamides is 1. The largest absolute Gasteiger partial charge is 0.241 e. The molecule has 124 valence electrons. The summed E-state index contributed by atoms with van der Waals surface area (Å²) in [6.07, 6.45) is 2.72. The van der Waals surface area contributed by atoms with Gasteiger partial charge >= 0.3 is 0 Å². The van der Waals surface area contributed by atoms with Gasteiger partial charge in [-0.25, -0.2) is 13.1 Å². The van der Waals surface area contributed by atoms with E-state index in [1.807, 2.05) is 48.7 Å². The van der Waals surface area contributed by atoms with Crippen molar-refractivity contribution in [2.75, 3.05) is 6.26 Å². The predicted molar refractivity (Wildman–Crippen MR) is 97.2 cm³/mol. The van der Waals surface area contributed by atoms with Crippen molar-refractivity contribution in [1.29, 1.82) is 0 Å². The summed E-state index contributed by atoms with van der Waals surface area (Å²) in [5, 5.41) is 0. The molecule has 0 heterocycles. The van der Waals surface area contributed by atoms with E-state index in [0.29, 0.717) is 10.8 Å². The highest BCUT2D eigenvalue weighted by Gasteiger charge is 2.22. The zero-order valence-electron chi connectivity index (χ0n) is 13.7. The van der Waals surface area contributed by atoms with Crippen LogP contribution in [0.3, 0.4) is 0 Å². The molecular formula is C18H23NO2S2. The molecule has 0 bridgehead atoms. The Labute approximate surface area is 143 Å². The Morgan fingerprint density at radius 3 is 2.13 bits per heavy atom. The Hall–Kier alpha value is -1.30. The molecule has 0 aliphatic rings. The first-order chi connectivity index (χ1) is 10.9. The summed E-state index contributed by atoms with van der Waals surface area (Å²) in [5.74, 6) is 0.391. The van der Waals surface area contributed by atoms with Gasteiger partial charge < -0.3 is 0 Å². The molecule has 1 N–H and O–H groups in total. The molecule has 0 spiro atoms. The van der Waals surface area contributed by atoms with E-state index in [-0.39, 0.29) is 6.04 Å². The van der Waals surface area contributed by atoms with Gasteiger partial charge in [0.2, 0.25) is 10.0 Å². The zero-order valence-corrected chi connectivity index (χ0v) is 15.3. The summed E-state index contributed by atoms with van der Waals surface area (Å²) < 4.78 is 28.2. The summed E-state index contributed by atoms with van der Waals surface area (Å²) >= 11 is 1.59. The summed E-state index contributed by atoms with van der Waals surface area (Å²) in [5.41, 5.74) is 0.991. The maximum Gasteiger partial charge on any atom is 0.241 e. The fraction of sp³-hybridized carbons (Fsp3) is 0.333. The molecule has 0 saturated heterocycles. The van der Waals surface area contributed by atoms with E-state index in [1.54, 1.807) is 23.9 Å². The van der Waals surface area contributed by atoms with Gasteiger partial charge in [-0.3, -0.25) is 0 Å². The van der Waals surface area contributed by atoms with Crippen LogP contribution >= 0.6 is 11.8 Å². The molecule has 2 aromatic carbocycles. The third kappa shape index (κ3) is 5.09. The van der Waals surface area contributed by atoms with Crippen LogP contribution in [0, 0.1) is 5.92 Å². The van der Waals surface area contributed by atoms with Gasteiger partial charge in [0, 0.05) is 10.9 Å². The molecule has 23 heavy (non-hydrogen) atoms. The van der Waals surface area contributed by atoms with Gasteiger partial charge in [0.1, 0.15) is 0 Å². The molecular weight excluding hydrogens is 326 g/mol. The number of nitrogens with one attached hydrogen (secondary N) is 1. The standard InChI is InChI=1S/C18H23NO2S2/c1-14(2)13-18(15-7-5-4-6-8-15)19-23(20,21)17-11-9-16(22-3)10-12-17/h4-12,14,18-19H,13H2,1-3H3/t18-/m1/s1. The third-order valence-corrected chi connectivity index (χ3v) is 5.81. The van der Waals surface area contributed by atoms with Crippen LogP contribution in [0.15, 0.2) is 64.4 Å². The average Bonchev–Trinajstić information content (AvgIpc) is 2.54. The normalized spacial score (nSPS) is 13.2. The lowest BCUT2D eigenvalue weighted by Gasteiger charge is -2.21. The molecule has 2 rings (SSSR count). The Morgan fingerprint density at radius 1 is 1.00 bits per heavy atom. The first kappa shape index (κ1) is 18.0. The van der Waals surface area contributed by atoms with Crippen LogP contribution < -0.4 is 4.72 Å². The molecule has 0 saturated carbocycles. The first-order valence-electron chi connectivity index (χ1n) is 7.63. The fourth-order valence-electron chi connectivity index (χ4n) is 2.42. The summed E-state index contributed by atoms with van der Waals surface area (Å²) in [4.78, 5) is 1.35. The number of hydrogen-bond donors (Lipinski definition) is 1. The van der Waals surface area contributed by atoms with E-state index in [9.17, 15) is 8.42 Å². The lowest BCUT2D eigenvalue weighted by atomic mass is 9.98. The highest BCUT2D eigenvalue weighted by atomic mass is 32.2. The Balaban J connectivity index is 2.26. The SMILES string of the molecule is CSc1ccc(S(=O)(=O)N[C@H](CC(C)C)c2ccccc2)cc1. The van der Waals surface area contributed by atoms with Crippen LogP contribution in [0.4, 0.5) is 0 Å². The Morgan fingerprint density at radius 2 is 1.61 bits per heavy atom. The Kier molecular flexibility index (Phi) is 6.27. The predicted octanol–water partition coefficient (Wildman–Crippen LogP) is 4.47. The van der Waals surface area contributed by atoms with Crippen LogP contribution in [-0.2, 0) is 10.0 Å². The van der Waals surface area contributed by atoms with Crippen molar-refractivity contribution in [3.63, 3.8) is 0 Å². The van der Waals surface area contributed by atoms with Crippen molar-refractivity contribution in [3.8, 4) is 0 Å². The van der Waals surface area contributed by atoms with E-state index >= 15 is 0 Å². The molecule has 0 amide bonds. The van der Waals surface area contributed by atoms with E-state index in [0.717, 1.165) is 16.9 Å². The number of benzene rings is 2. The third-order valence-electron chi connectivity index (χ3n) is 3.58. The van der Waals surface area contributed by atoms with Gasteiger partial charge in [0.15, 0.2) is 0 Å². The van der Waals surface area contributed by atoms with Gasteiger partial charge in [0.25, 0.3) is 0 Å². The van der Waals surface area contributed by atoms with Gasteiger partial charge in [0.05, 0.1) is 4.90 Å². The average molecular weight is 350 g/mol. The van der Waals surface area contributed by atoms with E-state index in [4.69, 9.17) is 0 Å². The molecule has 0 aromatic heterocycles. The highest BCUT2D eigenvalue weighted by molar-refractivity contribution is 7.98. The minimum atomic E-state index is -3.54. The minimum absolute atomic E-state index is 0.221. The maximum absolute atomic E-state index is 12.7. The number of thioether (sulfide) groups is 1. The van der Waals surface area contributed by atoms with E-state index in [2.05, 4.69) is 18.6 Å². The summed E-state index contributed by atoms with van der Waals surface area (Å²) in [6, 6.07) is 16.5. The monoisotopic (exact) mass is 349 g/mol. The van der Waals surface area contributed by atoms with Gasteiger partial charge in [-0.1, -0.05) is 44.2 Å². The van der Waals surface area contributed by atoms with Crippen molar-refractivity contribution < 1.29 is 8.42 Å².